The van der Waals surface area contributed by atoms with Crippen LogP contribution in [0.2, 0.25) is 0 Å². The standard InChI is InChI=1S/C12H13Br2NO4/c13-8-3-4-10(9(14)6-8)19-7-11(16)15-5-1-2-12(17)18/h3-4,6H,1-2,5,7H2,(H,15,16)(H,17,18). The minimum atomic E-state index is -0.871. The lowest BCUT2D eigenvalue weighted by Crippen LogP contribution is -2.30. The Hall–Kier alpha value is -1.08. The Labute approximate surface area is 127 Å². The molecule has 0 bridgehead atoms. The van der Waals surface area contributed by atoms with Crippen molar-refractivity contribution >= 4 is 43.7 Å². The maximum absolute atomic E-state index is 11.4. The fourth-order valence-electron chi connectivity index (χ4n) is 1.25. The maximum Gasteiger partial charge on any atom is 0.303 e. The highest BCUT2D eigenvalue weighted by atomic mass is 79.9. The van der Waals surface area contributed by atoms with Gasteiger partial charge in [0.1, 0.15) is 5.75 Å². The summed E-state index contributed by atoms with van der Waals surface area (Å²) < 4.78 is 6.99. The summed E-state index contributed by atoms with van der Waals surface area (Å²) >= 11 is 6.64. The summed E-state index contributed by atoms with van der Waals surface area (Å²) in [6, 6.07) is 5.37. The molecule has 0 saturated heterocycles. The number of ether oxygens (including phenoxy) is 1. The highest BCUT2D eigenvalue weighted by Crippen LogP contribution is 2.27. The van der Waals surface area contributed by atoms with Gasteiger partial charge in [0, 0.05) is 17.4 Å². The lowest BCUT2D eigenvalue weighted by atomic mass is 10.3. The number of benzene rings is 1. The highest BCUT2D eigenvalue weighted by molar-refractivity contribution is 9.11. The third kappa shape index (κ3) is 6.58. The number of amides is 1. The Bertz CT molecular complexity index is 465. The third-order valence-corrected chi connectivity index (χ3v) is 3.26. The van der Waals surface area contributed by atoms with Gasteiger partial charge in [-0.15, -0.1) is 0 Å². The van der Waals surface area contributed by atoms with E-state index in [1.165, 1.54) is 0 Å². The normalized spacial score (nSPS) is 10.0. The molecule has 0 aliphatic rings. The van der Waals surface area contributed by atoms with Gasteiger partial charge >= 0.3 is 5.97 Å². The molecule has 0 radical (unpaired) electrons. The van der Waals surface area contributed by atoms with Gasteiger partial charge in [0.05, 0.1) is 4.47 Å². The number of aliphatic carboxylic acids is 1. The molecule has 1 aromatic carbocycles. The summed E-state index contributed by atoms with van der Waals surface area (Å²) in [5.41, 5.74) is 0. The molecular weight excluding hydrogens is 382 g/mol. The molecule has 0 aliphatic carbocycles. The van der Waals surface area contributed by atoms with Crippen LogP contribution in [-0.4, -0.2) is 30.1 Å². The van der Waals surface area contributed by atoms with Gasteiger partial charge in [0.2, 0.25) is 0 Å². The number of hydrogen-bond donors (Lipinski definition) is 2. The molecule has 104 valence electrons. The van der Waals surface area contributed by atoms with E-state index in [1.807, 2.05) is 12.1 Å². The van der Waals surface area contributed by atoms with Gasteiger partial charge in [-0.2, -0.15) is 0 Å². The summed E-state index contributed by atoms with van der Waals surface area (Å²) in [6.07, 6.45) is 0.447. The Balaban J connectivity index is 2.28. The first-order valence-electron chi connectivity index (χ1n) is 5.55. The molecular formula is C12H13Br2NO4. The van der Waals surface area contributed by atoms with Gasteiger partial charge < -0.3 is 15.2 Å². The van der Waals surface area contributed by atoms with Crippen molar-refractivity contribution in [1.82, 2.24) is 5.32 Å². The van der Waals surface area contributed by atoms with Crippen LogP contribution in [0.4, 0.5) is 0 Å². The van der Waals surface area contributed by atoms with Gasteiger partial charge in [-0.25, -0.2) is 0 Å². The highest BCUT2D eigenvalue weighted by Gasteiger charge is 2.06. The zero-order chi connectivity index (χ0) is 14.3. The monoisotopic (exact) mass is 393 g/mol. The van der Waals surface area contributed by atoms with Crippen LogP contribution >= 0.6 is 31.9 Å². The summed E-state index contributed by atoms with van der Waals surface area (Å²) in [5.74, 6) is -0.576. The zero-order valence-electron chi connectivity index (χ0n) is 9.99. The van der Waals surface area contributed by atoms with Crippen LogP contribution in [0, 0.1) is 0 Å². The molecule has 0 aromatic heterocycles. The number of carboxylic acid groups (broad SMARTS) is 1. The summed E-state index contributed by atoms with van der Waals surface area (Å²) in [5, 5.41) is 11.0. The molecule has 0 heterocycles. The molecule has 19 heavy (non-hydrogen) atoms. The topological polar surface area (TPSA) is 75.6 Å². The van der Waals surface area contributed by atoms with Gasteiger partial charge in [-0.1, -0.05) is 15.9 Å². The van der Waals surface area contributed by atoms with E-state index in [0.29, 0.717) is 18.7 Å². The second-order valence-electron chi connectivity index (χ2n) is 3.71. The van der Waals surface area contributed by atoms with E-state index in [9.17, 15) is 9.59 Å². The predicted molar refractivity (Wildman–Crippen MR) is 77.2 cm³/mol. The quantitative estimate of drug-likeness (QED) is 0.697. The van der Waals surface area contributed by atoms with E-state index in [1.54, 1.807) is 6.07 Å². The first-order valence-corrected chi connectivity index (χ1v) is 7.14. The number of hydrogen-bond acceptors (Lipinski definition) is 3. The molecule has 0 aliphatic heterocycles. The van der Waals surface area contributed by atoms with Crippen molar-refractivity contribution in [1.29, 1.82) is 0 Å². The Morgan fingerprint density at radius 3 is 2.68 bits per heavy atom. The lowest BCUT2D eigenvalue weighted by molar-refractivity contribution is -0.137. The minimum absolute atomic E-state index is 0.0411. The van der Waals surface area contributed by atoms with Crippen LogP contribution in [0.5, 0.6) is 5.75 Å². The minimum Gasteiger partial charge on any atom is -0.483 e. The summed E-state index contributed by atoms with van der Waals surface area (Å²) in [7, 11) is 0. The van der Waals surface area contributed by atoms with Crippen LogP contribution in [0.25, 0.3) is 0 Å². The molecule has 0 fully saturated rings. The number of halogens is 2. The molecule has 7 heteroatoms. The number of rotatable bonds is 7. The Kier molecular flexibility index (Phi) is 6.86. The number of nitrogens with one attached hydrogen (secondary N) is 1. The molecule has 1 aromatic rings. The van der Waals surface area contributed by atoms with E-state index in [2.05, 4.69) is 37.2 Å². The first-order chi connectivity index (χ1) is 8.99. The van der Waals surface area contributed by atoms with E-state index in [0.717, 1.165) is 8.95 Å². The largest absolute Gasteiger partial charge is 0.483 e. The van der Waals surface area contributed by atoms with E-state index in [4.69, 9.17) is 9.84 Å². The predicted octanol–water partition coefficient (Wildman–Crippen LogP) is 2.57. The van der Waals surface area contributed by atoms with Gasteiger partial charge in [0.15, 0.2) is 6.61 Å². The molecule has 1 amide bonds. The summed E-state index contributed by atoms with van der Waals surface area (Å²) in [6.45, 7) is 0.226. The van der Waals surface area contributed by atoms with Crippen LogP contribution in [0.15, 0.2) is 27.1 Å². The van der Waals surface area contributed by atoms with Crippen LogP contribution in [0.3, 0.4) is 0 Å². The third-order valence-electron chi connectivity index (χ3n) is 2.14. The molecule has 0 atom stereocenters. The van der Waals surface area contributed by atoms with E-state index in [-0.39, 0.29) is 18.9 Å². The molecule has 0 unspecified atom stereocenters. The molecule has 0 saturated carbocycles. The zero-order valence-corrected chi connectivity index (χ0v) is 13.2. The summed E-state index contributed by atoms with van der Waals surface area (Å²) in [4.78, 5) is 21.7. The number of carbonyl (C=O) groups excluding carboxylic acids is 1. The number of carbonyl (C=O) groups is 2. The average Bonchev–Trinajstić information content (AvgIpc) is 2.33. The maximum atomic E-state index is 11.4. The van der Waals surface area contributed by atoms with E-state index < -0.39 is 5.97 Å². The number of carboxylic acids is 1. The van der Waals surface area contributed by atoms with Crippen molar-refractivity contribution in [3.63, 3.8) is 0 Å². The fourth-order valence-corrected chi connectivity index (χ4v) is 2.42. The second-order valence-corrected chi connectivity index (χ2v) is 5.48. The lowest BCUT2D eigenvalue weighted by Gasteiger charge is -2.08. The van der Waals surface area contributed by atoms with Gasteiger partial charge in [-0.3, -0.25) is 9.59 Å². The van der Waals surface area contributed by atoms with Crippen molar-refractivity contribution in [3.8, 4) is 5.75 Å². The average molecular weight is 395 g/mol. The van der Waals surface area contributed by atoms with Crippen molar-refractivity contribution in [2.75, 3.05) is 13.2 Å². The van der Waals surface area contributed by atoms with Crippen molar-refractivity contribution in [2.45, 2.75) is 12.8 Å². The molecule has 5 nitrogen and oxygen atoms in total. The smallest absolute Gasteiger partial charge is 0.303 e. The Morgan fingerprint density at radius 2 is 2.05 bits per heavy atom. The van der Waals surface area contributed by atoms with Gasteiger partial charge in [0.25, 0.3) is 5.91 Å². The van der Waals surface area contributed by atoms with Crippen molar-refractivity contribution < 1.29 is 19.4 Å². The Morgan fingerprint density at radius 1 is 1.32 bits per heavy atom. The van der Waals surface area contributed by atoms with E-state index >= 15 is 0 Å². The van der Waals surface area contributed by atoms with Crippen LogP contribution in [-0.2, 0) is 9.59 Å². The molecule has 1 rings (SSSR count). The van der Waals surface area contributed by atoms with Crippen LogP contribution < -0.4 is 10.1 Å². The van der Waals surface area contributed by atoms with Crippen molar-refractivity contribution in [2.24, 2.45) is 0 Å². The SMILES string of the molecule is O=C(O)CCCNC(=O)COc1ccc(Br)cc1Br. The second kappa shape index (κ2) is 8.16. The van der Waals surface area contributed by atoms with Gasteiger partial charge in [-0.05, 0) is 40.5 Å². The van der Waals surface area contributed by atoms with Crippen LogP contribution in [0.1, 0.15) is 12.8 Å². The molecule has 2 N–H and O–H groups in total. The molecule has 0 spiro atoms. The van der Waals surface area contributed by atoms with Crippen molar-refractivity contribution in [3.05, 3.63) is 27.1 Å². The first kappa shape index (κ1) is 16.0. The fraction of sp³-hybridized carbons (Fsp3) is 0.333.